The number of hydrogen-bond acceptors (Lipinski definition) is 5. The van der Waals surface area contributed by atoms with Crippen molar-refractivity contribution in [2.24, 2.45) is 4.99 Å². The number of aliphatic imine (C=N–C) groups is 1. The van der Waals surface area contributed by atoms with E-state index >= 15 is 0 Å². The van der Waals surface area contributed by atoms with E-state index in [4.69, 9.17) is 9.47 Å². The first-order chi connectivity index (χ1) is 14.6. The fourth-order valence-corrected chi connectivity index (χ4v) is 4.61. The lowest BCUT2D eigenvalue weighted by atomic mass is 10.1. The van der Waals surface area contributed by atoms with Crippen molar-refractivity contribution in [3.8, 4) is 11.5 Å². The minimum atomic E-state index is -3.65. The normalized spacial score (nSPS) is 12.4. The van der Waals surface area contributed by atoms with Crippen LogP contribution in [0.4, 0.5) is 0 Å². The molecule has 0 aliphatic rings. The van der Waals surface area contributed by atoms with E-state index < -0.39 is 15.6 Å². The molecule has 0 amide bonds. The van der Waals surface area contributed by atoms with Crippen LogP contribution in [0.3, 0.4) is 0 Å². The van der Waals surface area contributed by atoms with Gasteiger partial charge in [0.05, 0.1) is 19.1 Å². The van der Waals surface area contributed by atoms with Crippen molar-refractivity contribution in [3.05, 3.63) is 53.6 Å². The van der Waals surface area contributed by atoms with Gasteiger partial charge in [0.2, 0.25) is 10.0 Å². The molecule has 170 valence electrons. The average Bonchev–Trinajstić information content (AvgIpc) is 2.72. The molecule has 31 heavy (non-hydrogen) atoms. The first-order valence-corrected chi connectivity index (χ1v) is 11.3. The Labute approximate surface area is 185 Å². The molecular formula is C22H32N4O4S. The van der Waals surface area contributed by atoms with Gasteiger partial charge >= 0.3 is 0 Å². The molecule has 0 radical (unpaired) electrons. The summed E-state index contributed by atoms with van der Waals surface area (Å²) in [5, 5.41) is 6.39. The number of hydrogen-bond donors (Lipinski definition) is 3. The predicted molar refractivity (Wildman–Crippen MR) is 123 cm³/mol. The molecule has 0 unspecified atom stereocenters. The van der Waals surface area contributed by atoms with Crippen LogP contribution in [0, 0.1) is 0 Å². The second-order valence-electron chi connectivity index (χ2n) is 7.93. The molecular weight excluding hydrogens is 416 g/mol. The van der Waals surface area contributed by atoms with Crippen molar-refractivity contribution < 1.29 is 17.9 Å². The van der Waals surface area contributed by atoms with Crippen molar-refractivity contribution in [3.63, 3.8) is 0 Å². The van der Waals surface area contributed by atoms with E-state index in [0.717, 1.165) is 5.56 Å². The van der Waals surface area contributed by atoms with Crippen LogP contribution in [0.5, 0.6) is 11.5 Å². The van der Waals surface area contributed by atoms with Crippen LogP contribution in [-0.4, -0.2) is 41.2 Å². The van der Waals surface area contributed by atoms with Gasteiger partial charge in [-0.3, -0.25) is 4.99 Å². The second-order valence-corrected chi connectivity index (χ2v) is 9.58. The van der Waals surface area contributed by atoms with E-state index in [0.29, 0.717) is 36.1 Å². The first-order valence-electron chi connectivity index (χ1n) is 9.87. The van der Waals surface area contributed by atoms with Crippen molar-refractivity contribution >= 4 is 16.0 Å². The highest BCUT2D eigenvalue weighted by Gasteiger charge is 2.24. The molecule has 0 fully saturated rings. The molecule has 0 aromatic heterocycles. The smallest absolute Gasteiger partial charge is 0.241 e. The van der Waals surface area contributed by atoms with Crippen LogP contribution < -0.4 is 24.8 Å². The van der Waals surface area contributed by atoms with Crippen molar-refractivity contribution in [2.75, 3.05) is 21.3 Å². The minimum Gasteiger partial charge on any atom is -0.493 e. The molecule has 2 aromatic carbocycles. The summed E-state index contributed by atoms with van der Waals surface area (Å²) in [6.45, 7) is 6.24. The number of guanidine groups is 1. The average molecular weight is 449 g/mol. The van der Waals surface area contributed by atoms with Crippen LogP contribution in [0.1, 0.15) is 31.9 Å². The van der Waals surface area contributed by atoms with E-state index in [1.54, 1.807) is 39.5 Å². The maximum absolute atomic E-state index is 12.8. The molecule has 0 heterocycles. The van der Waals surface area contributed by atoms with Crippen LogP contribution >= 0.6 is 0 Å². The number of nitrogens with zero attached hydrogens (tertiary/aromatic N) is 1. The summed E-state index contributed by atoms with van der Waals surface area (Å²) < 4.78 is 38.9. The van der Waals surface area contributed by atoms with E-state index in [1.807, 2.05) is 45.0 Å². The fraction of sp³-hybridized carbons (Fsp3) is 0.409. The molecule has 2 rings (SSSR count). The second kappa shape index (κ2) is 10.5. The SMILES string of the molecule is CN=C(NCc1ccc(OC)c(OC)c1)NCc1ccccc1S(=O)(=O)NC(C)(C)C. The third kappa shape index (κ3) is 7.15. The van der Waals surface area contributed by atoms with Crippen LogP contribution in [0.2, 0.25) is 0 Å². The number of benzene rings is 2. The Morgan fingerprint density at radius 3 is 2.23 bits per heavy atom. The Balaban J connectivity index is 2.07. The maximum Gasteiger partial charge on any atom is 0.241 e. The predicted octanol–water partition coefficient (Wildman–Crippen LogP) is 2.65. The van der Waals surface area contributed by atoms with Gasteiger partial charge in [-0.15, -0.1) is 0 Å². The number of sulfonamides is 1. The van der Waals surface area contributed by atoms with Crippen LogP contribution in [0.15, 0.2) is 52.4 Å². The van der Waals surface area contributed by atoms with E-state index in [2.05, 4.69) is 20.3 Å². The van der Waals surface area contributed by atoms with Gasteiger partial charge in [-0.05, 0) is 50.1 Å². The molecule has 8 nitrogen and oxygen atoms in total. The topological polar surface area (TPSA) is 101 Å². The van der Waals surface area contributed by atoms with Crippen molar-refractivity contribution in [2.45, 2.75) is 44.3 Å². The monoisotopic (exact) mass is 448 g/mol. The van der Waals surface area contributed by atoms with Gasteiger partial charge in [-0.1, -0.05) is 24.3 Å². The summed E-state index contributed by atoms with van der Waals surface area (Å²) in [5.41, 5.74) is 1.06. The van der Waals surface area contributed by atoms with E-state index in [9.17, 15) is 8.42 Å². The third-order valence-electron chi connectivity index (χ3n) is 4.28. The summed E-state index contributed by atoms with van der Waals surface area (Å²) in [7, 11) is 1.20. The van der Waals surface area contributed by atoms with Gasteiger partial charge < -0.3 is 20.1 Å². The molecule has 0 atom stereocenters. The molecule has 0 saturated carbocycles. The number of nitrogens with one attached hydrogen (secondary N) is 3. The lowest BCUT2D eigenvalue weighted by Crippen LogP contribution is -2.41. The van der Waals surface area contributed by atoms with Gasteiger partial charge in [0.25, 0.3) is 0 Å². The Morgan fingerprint density at radius 1 is 0.968 bits per heavy atom. The summed E-state index contributed by atoms with van der Waals surface area (Å²) in [6.07, 6.45) is 0. The fourth-order valence-electron chi connectivity index (χ4n) is 2.95. The lowest BCUT2D eigenvalue weighted by Gasteiger charge is -2.22. The van der Waals surface area contributed by atoms with Crippen LogP contribution in [0.25, 0.3) is 0 Å². The Hall–Kier alpha value is -2.78. The molecule has 0 saturated heterocycles. The van der Waals surface area contributed by atoms with Crippen LogP contribution in [-0.2, 0) is 23.1 Å². The summed E-state index contributed by atoms with van der Waals surface area (Å²) in [6, 6.07) is 12.6. The number of methoxy groups -OCH3 is 2. The molecule has 0 aliphatic carbocycles. The number of rotatable bonds is 8. The Kier molecular flexibility index (Phi) is 8.29. The Bertz CT molecular complexity index is 1010. The molecule has 9 heteroatoms. The lowest BCUT2D eigenvalue weighted by molar-refractivity contribution is 0.354. The zero-order chi connectivity index (χ0) is 23.1. The molecule has 0 aliphatic heterocycles. The summed E-state index contributed by atoms with van der Waals surface area (Å²) in [5.74, 6) is 1.86. The van der Waals surface area contributed by atoms with Gasteiger partial charge in [-0.25, -0.2) is 13.1 Å². The van der Waals surface area contributed by atoms with E-state index in [1.165, 1.54) is 0 Å². The molecule has 3 N–H and O–H groups in total. The quantitative estimate of drug-likeness (QED) is 0.424. The van der Waals surface area contributed by atoms with E-state index in [-0.39, 0.29) is 4.90 Å². The zero-order valence-electron chi connectivity index (χ0n) is 18.9. The van der Waals surface area contributed by atoms with Gasteiger partial charge in [0.15, 0.2) is 17.5 Å². The standard InChI is InChI=1S/C22H32N4O4S/c1-22(2,3)26-31(27,28)20-10-8-7-9-17(20)15-25-21(23-4)24-14-16-11-12-18(29-5)19(13-16)30-6/h7-13,26H,14-15H2,1-6H3,(H2,23,24,25). The molecule has 2 aromatic rings. The summed E-state index contributed by atoms with van der Waals surface area (Å²) in [4.78, 5) is 4.46. The first kappa shape index (κ1) is 24.5. The highest BCUT2D eigenvalue weighted by Crippen LogP contribution is 2.27. The zero-order valence-corrected chi connectivity index (χ0v) is 19.8. The maximum atomic E-state index is 12.8. The molecule has 0 spiro atoms. The third-order valence-corrected chi connectivity index (χ3v) is 6.14. The Morgan fingerprint density at radius 2 is 1.61 bits per heavy atom. The number of ether oxygens (including phenoxy) is 2. The van der Waals surface area contributed by atoms with Gasteiger partial charge in [0, 0.05) is 25.7 Å². The van der Waals surface area contributed by atoms with Crippen molar-refractivity contribution in [1.82, 2.24) is 15.4 Å². The minimum absolute atomic E-state index is 0.243. The largest absolute Gasteiger partial charge is 0.493 e. The molecule has 0 bridgehead atoms. The summed E-state index contributed by atoms with van der Waals surface area (Å²) >= 11 is 0. The van der Waals surface area contributed by atoms with Gasteiger partial charge in [0.1, 0.15) is 0 Å². The highest BCUT2D eigenvalue weighted by atomic mass is 32.2. The van der Waals surface area contributed by atoms with Crippen molar-refractivity contribution in [1.29, 1.82) is 0 Å². The van der Waals surface area contributed by atoms with Gasteiger partial charge in [-0.2, -0.15) is 0 Å². The highest BCUT2D eigenvalue weighted by molar-refractivity contribution is 7.89.